The van der Waals surface area contributed by atoms with Crippen molar-refractivity contribution in [2.45, 2.75) is 6.92 Å². The van der Waals surface area contributed by atoms with Crippen LogP contribution in [0.4, 0.5) is 15.6 Å². The number of carbonyl (C=O) groups excluding carboxylic acids is 1. The minimum absolute atomic E-state index is 0.329. The van der Waals surface area contributed by atoms with Gasteiger partial charge in [0.05, 0.1) is 17.3 Å². The molecule has 6 heteroatoms. The first kappa shape index (κ1) is 14.3. The minimum Gasteiger partial charge on any atom is -0.497 e. The Labute approximate surface area is 131 Å². The number of urea groups is 1. The monoisotopic (exact) mass is 313 g/mol. The number of rotatable bonds is 3. The molecule has 0 fully saturated rings. The fraction of sp³-hybridized carbons (Fsp3) is 0.125. The zero-order chi connectivity index (χ0) is 15.5. The summed E-state index contributed by atoms with van der Waals surface area (Å²) in [6.45, 7) is 2.00. The van der Waals surface area contributed by atoms with Gasteiger partial charge in [0.1, 0.15) is 5.75 Å². The molecule has 22 heavy (non-hydrogen) atoms. The minimum atomic E-state index is -0.329. The highest BCUT2D eigenvalue weighted by molar-refractivity contribution is 7.22. The molecule has 3 rings (SSSR count). The van der Waals surface area contributed by atoms with Crippen molar-refractivity contribution < 1.29 is 9.53 Å². The van der Waals surface area contributed by atoms with Crippen molar-refractivity contribution in [3.05, 3.63) is 48.0 Å². The fourth-order valence-electron chi connectivity index (χ4n) is 2.10. The molecule has 0 aliphatic carbocycles. The van der Waals surface area contributed by atoms with Crippen molar-refractivity contribution in [3.63, 3.8) is 0 Å². The van der Waals surface area contributed by atoms with E-state index < -0.39 is 0 Å². The van der Waals surface area contributed by atoms with Crippen LogP contribution in [0, 0.1) is 6.92 Å². The molecule has 2 amide bonds. The van der Waals surface area contributed by atoms with Crippen molar-refractivity contribution in [3.8, 4) is 5.75 Å². The van der Waals surface area contributed by atoms with Crippen LogP contribution < -0.4 is 15.4 Å². The number of thiazole rings is 1. The molecule has 2 N–H and O–H groups in total. The Morgan fingerprint density at radius 3 is 2.77 bits per heavy atom. The maximum Gasteiger partial charge on any atom is 0.325 e. The number of fused-ring (bicyclic) bond motifs is 1. The first-order chi connectivity index (χ1) is 10.7. The fourth-order valence-corrected chi connectivity index (χ4v) is 3.04. The summed E-state index contributed by atoms with van der Waals surface area (Å²) in [5.41, 5.74) is 2.67. The predicted molar refractivity (Wildman–Crippen MR) is 90.0 cm³/mol. The van der Waals surface area contributed by atoms with E-state index in [1.165, 1.54) is 11.3 Å². The topological polar surface area (TPSA) is 63.2 Å². The van der Waals surface area contributed by atoms with E-state index in [0.29, 0.717) is 16.6 Å². The van der Waals surface area contributed by atoms with Crippen molar-refractivity contribution in [1.29, 1.82) is 0 Å². The van der Waals surface area contributed by atoms with Crippen molar-refractivity contribution >= 4 is 38.4 Å². The van der Waals surface area contributed by atoms with Crippen molar-refractivity contribution in [2.24, 2.45) is 0 Å². The SMILES string of the molecule is COc1cccc(NC(=O)Nc2nc3c(C)cccc3s2)c1. The zero-order valence-electron chi connectivity index (χ0n) is 12.2. The molecule has 1 aromatic heterocycles. The highest BCUT2D eigenvalue weighted by Gasteiger charge is 2.09. The summed E-state index contributed by atoms with van der Waals surface area (Å²) in [4.78, 5) is 16.5. The highest BCUT2D eigenvalue weighted by Crippen LogP contribution is 2.28. The molecule has 3 aromatic rings. The number of aryl methyl sites for hydroxylation is 1. The number of para-hydroxylation sites is 1. The average molecular weight is 313 g/mol. The summed E-state index contributed by atoms with van der Waals surface area (Å²) < 4.78 is 6.18. The number of benzene rings is 2. The Morgan fingerprint density at radius 2 is 2.00 bits per heavy atom. The molecule has 0 atom stereocenters. The molecule has 0 aliphatic rings. The molecule has 0 spiro atoms. The Balaban J connectivity index is 1.74. The standard InChI is InChI=1S/C16H15N3O2S/c1-10-5-3-8-13-14(10)18-16(22-13)19-15(20)17-11-6-4-7-12(9-11)21-2/h3-9H,1-2H3,(H2,17,18,19,20). The molecule has 0 aliphatic heterocycles. The molecule has 0 unspecified atom stereocenters. The van der Waals surface area contributed by atoms with Gasteiger partial charge in [0.15, 0.2) is 5.13 Å². The van der Waals surface area contributed by atoms with Crippen LogP contribution >= 0.6 is 11.3 Å². The van der Waals surface area contributed by atoms with Gasteiger partial charge in [-0.3, -0.25) is 5.32 Å². The van der Waals surface area contributed by atoms with Gasteiger partial charge in [-0.25, -0.2) is 9.78 Å². The van der Waals surface area contributed by atoms with Gasteiger partial charge in [0.25, 0.3) is 0 Å². The van der Waals surface area contributed by atoms with Gasteiger partial charge in [-0.1, -0.05) is 29.5 Å². The molecule has 1 heterocycles. The quantitative estimate of drug-likeness (QED) is 0.759. The average Bonchev–Trinajstić information content (AvgIpc) is 2.91. The van der Waals surface area contributed by atoms with Crippen molar-refractivity contribution in [2.75, 3.05) is 17.7 Å². The molecule has 2 aromatic carbocycles. The number of nitrogens with one attached hydrogen (secondary N) is 2. The van der Waals surface area contributed by atoms with Gasteiger partial charge in [-0.15, -0.1) is 0 Å². The summed E-state index contributed by atoms with van der Waals surface area (Å²) >= 11 is 1.45. The molecule has 0 saturated carbocycles. The molecule has 0 bridgehead atoms. The molecule has 0 radical (unpaired) electrons. The summed E-state index contributed by atoms with van der Waals surface area (Å²) in [6, 6.07) is 12.8. The zero-order valence-corrected chi connectivity index (χ0v) is 13.0. The summed E-state index contributed by atoms with van der Waals surface area (Å²) in [5.74, 6) is 0.688. The second-order valence-corrected chi connectivity index (χ2v) is 5.78. The number of hydrogen-bond donors (Lipinski definition) is 2. The molecule has 0 saturated heterocycles. The van der Waals surface area contributed by atoms with E-state index in [9.17, 15) is 4.79 Å². The predicted octanol–water partition coefficient (Wildman–Crippen LogP) is 4.26. The number of nitrogens with zero attached hydrogens (tertiary/aromatic N) is 1. The third-order valence-electron chi connectivity index (χ3n) is 3.17. The number of aromatic nitrogens is 1. The first-order valence-corrected chi connectivity index (χ1v) is 7.55. The van der Waals surface area contributed by atoms with Crippen LogP contribution in [0.1, 0.15) is 5.56 Å². The molecular formula is C16H15N3O2S. The second-order valence-electron chi connectivity index (χ2n) is 4.75. The number of anilines is 2. The second kappa shape index (κ2) is 6.03. The first-order valence-electron chi connectivity index (χ1n) is 6.74. The van der Waals surface area contributed by atoms with E-state index in [1.807, 2.05) is 37.3 Å². The Kier molecular flexibility index (Phi) is 3.93. The molecular weight excluding hydrogens is 298 g/mol. The molecule has 5 nitrogen and oxygen atoms in total. The lowest BCUT2D eigenvalue weighted by molar-refractivity contribution is 0.262. The Morgan fingerprint density at radius 1 is 1.18 bits per heavy atom. The number of hydrogen-bond acceptors (Lipinski definition) is 4. The van der Waals surface area contributed by atoms with Gasteiger partial charge in [-0.05, 0) is 30.7 Å². The lowest BCUT2D eigenvalue weighted by Gasteiger charge is -2.06. The smallest absolute Gasteiger partial charge is 0.325 e. The van der Waals surface area contributed by atoms with Crippen LogP contribution in [-0.2, 0) is 0 Å². The lowest BCUT2D eigenvalue weighted by Crippen LogP contribution is -2.19. The van der Waals surface area contributed by atoms with E-state index in [-0.39, 0.29) is 6.03 Å². The van der Waals surface area contributed by atoms with Gasteiger partial charge >= 0.3 is 6.03 Å². The van der Waals surface area contributed by atoms with E-state index in [0.717, 1.165) is 15.8 Å². The van der Waals surface area contributed by atoms with Gasteiger partial charge in [-0.2, -0.15) is 0 Å². The molecule has 112 valence electrons. The van der Waals surface area contributed by atoms with Crippen LogP contribution in [0.25, 0.3) is 10.2 Å². The normalized spacial score (nSPS) is 10.5. The highest BCUT2D eigenvalue weighted by atomic mass is 32.1. The number of amides is 2. The van der Waals surface area contributed by atoms with Crippen LogP contribution in [-0.4, -0.2) is 18.1 Å². The Hall–Kier alpha value is -2.60. The maximum absolute atomic E-state index is 12.0. The third kappa shape index (κ3) is 3.01. The Bertz CT molecular complexity index is 829. The van der Waals surface area contributed by atoms with Crippen LogP contribution in [0.15, 0.2) is 42.5 Å². The van der Waals surface area contributed by atoms with Crippen LogP contribution in [0.5, 0.6) is 5.75 Å². The number of ether oxygens (including phenoxy) is 1. The van der Waals surface area contributed by atoms with E-state index in [1.54, 1.807) is 19.2 Å². The largest absolute Gasteiger partial charge is 0.497 e. The lowest BCUT2D eigenvalue weighted by atomic mass is 10.2. The number of carbonyl (C=O) groups is 1. The van der Waals surface area contributed by atoms with Crippen LogP contribution in [0.3, 0.4) is 0 Å². The van der Waals surface area contributed by atoms with E-state index >= 15 is 0 Å². The van der Waals surface area contributed by atoms with Crippen molar-refractivity contribution in [1.82, 2.24) is 4.98 Å². The van der Waals surface area contributed by atoms with Crippen LogP contribution in [0.2, 0.25) is 0 Å². The summed E-state index contributed by atoms with van der Waals surface area (Å²) in [6.07, 6.45) is 0. The van der Waals surface area contributed by atoms with Gasteiger partial charge in [0.2, 0.25) is 0 Å². The van der Waals surface area contributed by atoms with E-state index in [4.69, 9.17) is 4.74 Å². The number of methoxy groups -OCH3 is 1. The summed E-state index contributed by atoms with van der Waals surface area (Å²) in [7, 11) is 1.59. The van der Waals surface area contributed by atoms with Gasteiger partial charge in [0, 0.05) is 11.8 Å². The summed E-state index contributed by atoms with van der Waals surface area (Å²) in [5, 5.41) is 6.10. The van der Waals surface area contributed by atoms with E-state index in [2.05, 4.69) is 15.6 Å². The third-order valence-corrected chi connectivity index (χ3v) is 4.10. The van der Waals surface area contributed by atoms with Gasteiger partial charge < -0.3 is 10.1 Å². The maximum atomic E-state index is 12.0.